The number of H-pyrrole nitrogens is 1. The summed E-state index contributed by atoms with van der Waals surface area (Å²) in [5.41, 5.74) is 7.12. The van der Waals surface area contributed by atoms with Gasteiger partial charge in [0.15, 0.2) is 11.5 Å². The predicted molar refractivity (Wildman–Crippen MR) is 63.7 cm³/mol. The molecule has 0 spiro atoms. The first-order chi connectivity index (χ1) is 8.24. The third-order valence-corrected chi connectivity index (χ3v) is 2.82. The monoisotopic (exact) mass is 234 g/mol. The Hall–Kier alpha value is -1.89. The molecule has 90 valence electrons. The fourth-order valence-corrected chi connectivity index (χ4v) is 2.07. The van der Waals surface area contributed by atoms with Gasteiger partial charge < -0.3 is 20.4 Å². The van der Waals surface area contributed by atoms with Crippen LogP contribution in [-0.4, -0.2) is 45.7 Å². The molecular formula is C10H14N6O. The number of nitrogens with zero attached hydrogens (tertiary/aromatic N) is 4. The Morgan fingerprint density at radius 2 is 2.41 bits per heavy atom. The number of rotatable bonds is 1. The highest BCUT2D eigenvalue weighted by Crippen LogP contribution is 2.23. The molecule has 3 N–H and O–H groups in total. The van der Waals surface area contributed by atoms with Crippen molar-refractivity contribution in [2.45, 2.75) is 13.0 Å². The van der Waals surface area contributed by atoms with E-state index in [0.717, 1.165) is 24.4 Å². The molecule has 0 bridgehead atoms. The molecule has 1 saturated heterocycles. The van der Waals surface area contributed by atoms with E-state index < -0.39 is 0 Å². The van der Waals surface area contributed by atoms with Crippen LogP contribution >= 0.6 is 0 Å². The maximum Gasteiger partial charge on any atom is 0.224 e. The molecule has 1 aliphatic heterocycles. The van der Waals surface area contributed by atoms with Crippen LogP contribution in [-0.2, 0) is 4.74 Å². The lowest BCUT2D eigenvalue weighted by Crippen LogP contribution is -2.41. The Balaban J connectivity index is 2.06. The second-order valence-corrected chi connectivity index (χ2v) is 4.13. The molecule has 17 heavy (non-hydrogen) atoms. The van der Waals surface area contributed by atoms with Crippen molar-refractivity contribution in [3.8, 4) is 0 Å². The van der Waals surface area contributed by atoms with E-state index in [0.29, 0.717) is 12.3 Å². The largest absolute Gasteiger partial charge is 0.375 e. The second-order valence-electron chi connectivity index (χ2n) is 4.13. The smallest absolute Gasteiger partial charge is 0.224 e. The van der Waals surface area contributed by atoms with E-state index in [4.69, 9.17) is 10.5 Å². The number of fused-ring (bicyclic) bond motifs is 1. The van der Waals surface area contributed by atoms with Gasteiger partial charge in [-0.15, -0.1) is 0 Å². The molecule has 0 aromatic carbocycles. The first kappa shape index (κ1) is 10.3. The molecule has 1 aliphatic rings. The molecule has 7 nitrogen and oxygen atoms in total. The van der Waals surface area contributed by atoms with Crippen molar-refractivity contribution in [2.75, 3.05) is 30.3 Å². The normalized spacial score (nSPS) is 21.0. The van der Waals surface area contributed by atoms with Crippen LogP contribution in [0.4, 0.5) is 11.8 Å². The number of nitrogen functional groups attached to an aromatic ring is 1. The number of imidazole rings is 1. The SMILES string of the molecule is CC1CN(c2nc(N)nc3nc[nH]c23)CCO1. The summed E-state index contributed by atoms with van der Waals surface area (Å²) in [6.07, 6.45) is 1.80. The summed E-state index contributed by atoms with van der Waals surface area (Å²) >= 11 is 0. The number of hydrogen-bond donors (Lipinski definition) is 2. The van der Waals surface area contributed by atoms with Crippen LogP contribution < -0.4 is 10.6 Å². The highest BCUT2D eigenvalue weighted by Gasteiger charge is 2.21. The molecule has 0 aliphatic carbocycles. The maximum atomic E-state index is 5.69. The van der Waals surface area contributed by atoms with Crippen molar-refractivity contribution < 1.29 is 4.74 Å². The number of morpholine rings is 1. The Bertz CT molecular complexity index is 539. The van der Waals surface area contributed by atoms with Crippen molar-refractivity contribution in [1.29, 1.82) is 0 Å². The van der Waals surface area contributed by atoms with Crippen LogP contribution in [0.2, 0.25) is 0 Å². The zero-order chi connectivity index (χ0) is 11.8. The molecular weight excluding hydrogens is 220 g/mol. The van der Waals surface area contributed by atoms with E-state index in [1.54, 1.807) is 6.33 Å². The van der Waals surface area contributed by atoms with E-state index in [1.165, 1.54) is 0 Å². The third kappa shape index (κ3) is 1.78. The average molecular weight is 234 g/mol. The number of aromatic nitrogens is 4. The lowest BCUT2D eigenvalue weighted by atomic mass is 10.3. The van der Waals surface area contributed by atoms with Crippen LogP contribution in [0.1, 0.15) is 6.92 Å². The molecule has 0 saturated carbocycles. The number of hydrogen-bond acceptors (Lipinski definition) is 6. The van der Waals surface area contributed by atoms with Crippen molar-refractivity contribution in [3.05, 3.63) is 6.33 Å². The summed E-state index contributed by atoms with van der Waals surface area (Å²) < 4.78 is 5.51. The standard InChI is InChI=1S/C10H14N6O/c1-6-4-16(2-3-17-6)9-7-8(13-5-12-7)14-10(11)15-9/h5-6H,2-4H2,1H3,(H3,11,12,13,14,15). The van der Waals surface area contributed by atoms with Gasteiger partial charge >= 0.3 is 0 Å². The number of anilines is 2. The summed E-state index contributed by atoms with van der Waals surface area (Å²) in [4.78, 5) is 17.7. The zero-order valence-corrected chi connectivity index (χ0v) is 9.55. The van der Waals surface area contributed by atoms with Gasteiger partial charge in [-0.25, -0.2) is 4.98 Å². The molecule has 7 heteroatoms. The van der Waals surface area contributed by atoms with E-state index in [1.807, 2.05) is 6.92 Å². The minimum atomic E-state index is 0.193. The Morgan fingerprint density at radius 3 is 3.24 bits per heavy atom. The van der Waals surface area contributed by atoms with Crippen molar-refractivity contribution in [2.24, 2.45) is 0 Å². The highest BCUT2D eigenvalue weighted by molar-refractivity contribution is 5.84. The first-order valence-electron chi connectivity index (χ1n) is 5.57. The van der Waals surface area contributed by atoms with Gasteiger partial charge in [0.25, 0.3) is 0 Å². The summed E-state index contributed by atoms with van der Waals surface area (Å²) in [6.45, 7) is 4.33. The number of nitrogens with two attached hydrogens (primary N) is 1. The van der Waals surface area contributed by atoms with Gasteiger partial charge in [0.2, 0.25) is 5.95 Å². The van der Waals surface area contributed by atoms with Gasteiger partial charge in [-0.1, -0.05) is 0 Å². The van der Waals surface area contributed by atoms with Crippen LogP contribution in [0.15, 0.2) is 6.33 Å². The van der Waals surface area contributed by atoms with Crippen molar-refractivity contribution in [1.82, 2.24) is 19.9 Å². The maximum absolute atomic E-state index is 5.69. The molecule has 0 radical (unpaired) electrons. The van der Waals surface area contributed by atoms with Gasteiger partial charge in [-0.2, -0.15) is 9.97 Å². The van der Waals surface area contributed by atoms with Gasteiger partial charge in [0.05, 0.1) is 19.0 Å². The molecule has 1 unspecified atom stereocenters. The molecule has 0 amide bonds. The number of nitrogens with one attached hydrogen (secondary N) is 1. The summed E-state index contributed by atoms with van der Waals surface area (Å²) in [5, 5.41) is 0. The number of ether oxygens (including phenoxy) is 1. The molecule has 2 aromatic rings. The van der Waals surface area contributed by atoms with E-state index in [9.17, 15) is 0 Å². The summed E-state index contributed by atoms with van der Waals surface area (Å²) in [7, 11) is 0. The zero-order valence-electron chi connectivity index (χ0n) is 9.55. The van der Waals surface area contributed by atoms with Gasteiger partial charge in [0.1, 0.15) is 5.52 Å². The quantitative estimate of drug-likeness (QED) is 0.730. The van der Waals surface area contributed by atoms with Crippen LogP contribution in [0.25, 0.3) is 11.2 Å². The van der Waals surface area contributed by atoms with Crippen LogP contribution in [0, 0.1) is 0 Å². The minimum absolute atomic E-state index is 0.193. The van der Waals surface area contributed by atoms with E-state index >= 15 is 0 Å². The summed E-state index contributed by atoms with van der Waals surface area (Å²) in [6, 6.07) is 0. The van der Waals surface area contributed by atoms with Crippen LogP contribution in [0.5, 0.6) is 0 Å². The van der Waals surface area contributed by atoms with E-state index in [-0.39, 0.29) is 12.1 Å². The lowest BCUT2D eigenvalue weighted by Gasteiger charge is -2.32. The predicted octanol–water partition coefficient (Wildman–Crippen LogP) is 0.160. The molecule has 1 fully saturated rings. The minimum Gasteiger partial charge on any atom is -0.375 e. The van der Waals surface area contributed by atoms with Gasteiger partial charge in [-0.05, 0) is 6.92 Å². The Kier molecular flexibility index (Phi) is 2.32. The Morgan fingerprint density at radius 1 is 1.53 bits per heavy atom. The fraction of sp³-hybridized carbons (Fsp3) is 0.500. The van der Waals surface area contributed by atoms with Gasteiger partial charge in [-0.3, -0.25) is 0 Å². The van der Waals surface area contributed by atoms with Gasteiger partial charge in [0, 0.05) is 13.1 Å². The molecule has 3 rings (SSSR count). The van der Waals surface area contributed by atoms with E-state index in [2.05, 4.69) is 24.8 Å². The second kappa shape index (κ2) is 3.85. The lowest BCUT2D eigenvalue weighted by molar-refractivity contribution is 0.0530. The average Bonchev–Trinajstić information content (AvgIpc) is 2.75. The van der Waals surface area contributed by atoms with Crippen molar-refractivity contribution >= 4 is 22.9 Å². The topological polar surface area (TPSA) is 93.0 Å². The third-order valence-electron chi connectivity index (χ3n) is 2.82. The van der Waals surface area contributed by atoms with Crippen molar-refractivity contribution in [3.63, 3.8) is 0 Å². The van der Waals surface area contributed by atoms with Crippen LogP contribution in [0.3, 0.4) is 0 Å². The fourth-order valence-electron chi connectivity index (χ4n) is 2.07. The molecule has 3 heterocycles. The molecule has 1 atom stereocenters. The number of aromatic amines is 1. The molecule has 2 aromatic heterocycles. The Labute approximate surface area is 98.0 Å². The first-order valence-corrected chi connectivity index (χ1v) is 5.57. The highest BCUT2D eigenvalue weighted by atomic mass is 16.5. The summed E-state index contributed by atoms with van der Waals surface area (Å²) in [5.74, 6) is 1.05.